The molecule has 2 N–H and O–H groups in total. The number of carbonyl (C=O) groups excluding carboxylic acids is 2. The molecule has 0 spiro atoms. The summed E-state index contributed by atoms with van der Waals surface area (Å²) >= 11 is 0. The number of benzene rings is 2. The number of aromatic nitrogens is 2. The zero-order chi connectivity index (χ0) is 20.1. The number of carboxylic acid groups (broad SMARTS) is 1. The molecule has 1 aromatic heterocycles. The second-order valence-corrected chi connectivity index (χ2v) is 6.26. The number of imidazole rings is 1. The van der Waals surface area contributed by atoms with Crippen LogP contribution < -0.4 is 4.74 Å². The molecule has 28 heavy (non-hydrogen) atoms. The van der Waals surface area contributed by atoms with Gasteiger partial charge in [-0.15, -0.1) is 0 Å². The Morgan fingerprint density at radius 1 is 1.11 bits per heavy atom. The third-order valence-corrected chi connectivity index (χ3v) is 4.10. The van der Waals surface area contributed by atoms with E-state index >= 15 is 0 Å². The molecule has 0 aliphatic carbocycles. The third kappa shape index (κ3) is 4.73. The minimum Gasteiger partial charge on any atom is -0.482 e. The van der Waals surface area contributed by atoms with Gasteiger partial charge in [-0.05, 0) is 36.4 Å². The van der Waals surface area contributed by atoms with Gasteiger partial charge in [0.2, 0.25) is 5.91 Å². The maximum Gasteiger partial charge on any atom is 0.341 e. The average Bonchev–Trinajstić information content (AvgIpc) is 3.08. The van der Waals surface area contributed by atoms with Crippen molar-refractivity contribution in [1.82, 2.24) is 14.9 Å². The van der Waals surface area contributed by atoms with Gasteiger partial charge in [-0.2, -0.15) is 0 Å². The van der Waals surface area contributed by atoms with Crippen LogP contribution in [0.1, 0.15) is 16.2 Å². The Hall–Kier alpha value is -3.68. The lowest BCUT2D eigenvalue weighted by atomic mass is 10.1. The molecule has 0 aliphatic rings. The van der Waals surface area contributed by atoms with Crippen LogP contribution in [0.15, 0.2) is 48.5 Å². The number of ether oxygens (including phenoxy) is 1. The van der Waals surface area contributed by atoms with Gasteiger partial charge in [0.05, 0.1) is 24.0 Å². The van der Waals surface area contributed by atoms with E-state index in [4.69, 9.17) is 9.84 Å². The highest BCUT2D eigenvalue weighted by Crippen LogP contribution is 2.14. The molecule has 0 saturated carbocycles. The number of rotatable bonds is 8. The van der Waals surface area contributed by atoms with E-state index in [9.17, 15) is 14.4 Å². The number of carboxylic acids is 1. The number of para-hydroxylation sites is 2. The second-order valence-electron chi connectivity index (χ2n) is 6.26. The Kier molecular flexibility index (Phi) is 5.69. The van der Waals surface area contributed by atoms with E-state index in [1.807, 2.05) is 24.3 Å². The number of aromatic amines is 1. The maximum atomic E-state index is 12.4. The summed E-state index contributed by atoms with van der Waals surface area (Å²) < 4.78 is 5.03. The minimum atomic E-state index is -1.08. The van der Waals surface area contributed by atoms with Crippen LogP contribution in [0.2, 0.25) is 0 Å². The van der Waals surface area contributed by atoms with Crippen LogP contribution in [-0.2, 0) is 16.0 Å². The summed E-state index contributed by atoms with van der Waals surface area (Å²) in [5.41, 5.74) is 2.05. The van der Waals surface area contributed by atoms with Crippen molar-refractivity contribution in [2.24, 2.45) is 0 Å². The number of hydrogen-bond acceptors (Lipinski definition) is 5. The van der Waals surface area contributed by atoms with Gasteiger partial charge in [-0.3, -0.25) is 9.59 Å². The highest BCUT2D eigenvalue weighted by molar-refractivity contribution is 5.99. The summed E-state index contributed by atoms with van der Waals surface area (Å²) in [6.07, 6.45) is 0.0699. The lowest BCUT2D eigenvalue weighted by molar-refractivity contribution is -0.139. The number of hydrogen-bond donors (Lipinski definition) is 2. The smallest absolute Gasteiger partial charge is 0.341 e. The number of fused-ring (bicyclic) bond motifs is 1. The highest BCUT2D eigenvalue weighted by atomic mass is 16.5. The van der Waals surface area contributed by atoms with Crippen LogP contribution >= 0.6 is 0 Å². The summed E-state index contributed by atoms with van der Waals surface area (Å²) in [6, 6.07) is 13.6. The van der Waals surface area contributed by atoms with Crippen LogP contribution in [-0.4, -0.2) is 57.8 Å². The van der Waals surface area contributed by atoms with Crippen molar-refractivity contribution >= 4 is 28.7 Å². The first-order valence-electron chi connectivity index (χ1n) is 8.58. The lowest BCUT2D eigenvalue weighted by Crippen LogP contribution is -2.33. The zero-order valence-corrected chi connectivity index (χ0v) is 15.2. The highest BCUT2D eigenvalue weighted by Gasteiger charge is 2.16. The summed E-state index contributed by atoms with van der Waals surface area (Å²) in [4.78, 5) is 44.1. The Labute approximate surface area is 160 Å². The average molecular weight is 381 g/mol. The van der Waals surface area contributed by atoms with Crippen molar-refractivity contribution in [2.45, 2.75) is 6.42 Å². The zero-order valence-electron chi connectivity index (χ0n) is 15.2. The number of nitrogens with zero attached hydrogens (tertiary/aromatic N) is 2. The quantitative estimate of drug-likeness (QED) is 0.577. The Balaban J connectivity index is 1.56. The predicted molar refractivity (Wildman–Crippen MR) is 101 cm³/mol. The van der Waals surface area contributed by atoms with Crippen LogP contribution in [0.3, 0.4) is 0 Å². The molecule has 0 bridgehead atoms. The summed E-state index contributed by atoms with van der Waals surface area (Å²) in [6.45, 7) is -0.527. The third-order valence-electron chi connectivity index (χ3n) is 4.10. The lowest BCUT2D eigenvalue weighted by Gasteiger charge is -2.15. The molecule has 0 saturated heterocycles. The molecule has 2 aromatic carbocycles. The molecule has 144 valence electrons. The van der Waals surface area contributed by atoms with E-state index in [2.05, 4.69) is 9.97 Å². The number of carbonyl (C=O) groups is 3. The van der Waals surface area contributed by atoms with Gasteiger partial charge in [-0.1, -0.05) is 12.1 Å². The Morgan fingerprint density at radius 3 is 2.50 bits per heavy atom. The monoisotopic (exact) mass is 381 g/mol. The number of amides is 1. The molecule has 0 atom stereocenters. The molecular formula is C20H19N3O5. The number of aliphatic carboxylic acids is 1. The minimum absolute atomic E-state index is 0.0699. The van der Waals surface area contributed by atoms with E-state index in [0.717, 1.165) is 11.0 Å². The predicted octanol–water partition coefficient (Wildman–Crippen LogP) is 1.91. The van der Waals surface area contributed by atoms with Crippen molar-refractivity contribution < 1.29 is 24.2 Å². The molecule has 0 radical (unpaired) electrons. The van der Waals surface area contributed by atoms with Crippen LogP contribution in [0.4, 0.5) is 0 Å². The summed E-state index contributed by atoms with van der Waals surface area (Å²) in [5.74, 6) is -0.637. The SMILES string of the molecule is CN(CC(=O)c1ccc(OCC(=O)O)cc1)C(=O)Cc1nc2ccccc2[nH]1. The molecule has 0 fully saturated rings. The second kappa shape index (κ2) is 8.34. The molecule has 1 amide bonds. The van der Waals surface area contributed by atoms with Crippen LogP contribution in [0, 0.1) is 0 Å². The van der Waals surface area contributed by atoms with Gasteiger partial charge in [0.15, 0.2) is 12.4 Å². The fourth-order valence-corrected chi connectivity index (χ4v) is 2.64. The standard InChI is InChI=1S/C20H19N3O5/c1-23(19(25)10-18-21-15-4-2-3-5-16(15)22-18)11-17(24)13-6-8-14(9-7-13)28-12-20(26)27/h2-9H,10-12H2,1H3,(H,21,22)(H,26,27). The largest absolute Gasteiger partial charge is 0.482 e. The van der Waals surface area contributed by atoms with E-state index in [1.165, 1.54) is 29.2 Å². The fourth-order valence-electron chi connectivity index (χ4n) is 2.64. The van der Waals surface area contributed by atoms with Crippen molar-refractivity contribution in [3.8, 4) is 5.75 Å². The first-order valence-corrected chi connectivity index (χ1v) is 8.58. The van der Waals surface area contributed by atoms with Crippen LogP contribution in [0.5, 0.6) is 5.75 Å². The topological polar surface area (TPSA) is 113 Å². The van der Waals surface area contributed by atoms with Crippen molar-refractivity contribution in [1.29, 1.82) is 0 Å². The Bertz CT molecular complexity index is 977. The normalized spacial score (nSPS) is 10.6. The van der Waals surface area contributed by atoms with E-state index in [1.54, 1.807) is 7.05 Å². The number of ketones is 1. The van der Waals surface area contributed by atoms with E-state index in [-0.39, 0.29) is 24.7 Å². The van der Waals surface area contributed by atoms with Crippen LogP contribution in [0.25, 0.3) is 11.0 Å². The summed E-state index contributed by atoms with van der Waals surface area (Å²) in [5, 5.41) is 8.59. The van der Waals surface area contributed by atoms with E-state index in [0.29, 0.717) is 17.1 Å². The van der Waals surface area contributed by atoms with Gasteiger partial charge in [0.1, 0.15) is 11.6 Å². The van der Waals surface area contributed by atoms with E-state index < -0.39 is 12.6 Å². The van der Waals surface area contributed by atoms with Crippen molar-refractivity contribution in [3.63, 3.8) is 0 Å². The van der Waals surface area contributed by atoms with Gasteiger partial charge >= 0.3 is 5.97 Å². The molecule has 0 aliphatic heterocycles. The molecule has 3 rings (SSSR count). The fraction of sp³-hybridized carbons (Fsp3) is 0.200. The van der Waals surface area contributed by atoms with Gasteiger partial charge in [0.25, 0.3) is 0 Å². The number of likely N-dealkylation sites (N-methyl/N-ethyl adjacent to an activating group) is 1. The first-order chi connectivity index (χ1) is 13.4. The van der Waals surface area contributed by atoms with Gasteiger partial charge in [-0.25, -0.2) is 9.78 Å². The van der Waals surface area contributed by atoms with Gasteiger partial charge in [0, 0.05) is 12.6 Å². The van der Waals surface area contributed by atoms with Crippen molar-refractivity contribution in [2.75, 3.05) is 20.2 Å². The molecule has 8 heteroatoms. The maximum absolute atomic E-state index is 12.4. The number of H-pyrrole nitrogens is 1. The van der Waals surface area contributed by atoms with Gasteiger partial charge < -0.3 is 19.7 Å². The molecule has 1 heterocycles. The molecular weight excluding hydrogens is 362 g/mol. The number of Topliss-reactive ketones (excluding diaryl/α,β-unsaturated/α-hetero) is 1. The molecule has 8 nitrogen and oxygen atoms in total. The van der Waals surface area contributed by atoms with Crippen molar-refractivity contribution in [3.05, 3.63) is 59.9 Å². The first kappa shape index (κ1) is 19.1. The molecule has 3 aromatic rings. The molecule has 0 unspecified atom stereocenters. The summed E-state index contributed by atoms with van der Waals surface area (Å²) in [7, 11) is 1.56. The number of nitrogens with one attached hydrogen (secondary N) is 1. The Morgan fingerprint density at radius 2 is 1.82 bits per heavy atom.